The van der Waals surface area contributed by atoms with Gasteiger partial charge in [-0.05, 0) is 24.3 Å². The van der Waals surface area contributed by atoms with Crippen LogP contribution in [0.4, 0.5) is 29.9 Å². The number of nitrogens with zero attached hydrogens (tertiary/aromatic N) is 3. The molecule has 0 spiro atoms. The maximum Gasteiger partial charge on any atom is 0.416 e. The van der Waals surface area contributed by atoms with E-state index < -0.39 is 11.7 Å². The van der Waals surface area contributed by atoms with Gasteiger partial charge in [0.25, 0.3) is 0 Å². The number of benzene rings is 1. The van der Waals surface area contributed by atoms with Gasteiger partial charge in [0.2, 0.25) is 5.91 Å². The molecule has 1 aliphatic heterocycles. The van der Waals surface area contributed by atoms with Crippen molar-refractivity contribution in [1.29, 1.82) is 0 Å². The number of carbonyl (C=O) groups is 1. The van der Waals surface area contributed by atoms with Crippen LogP contribution in [-0.2, 0) is 22.1 Å². The molecule has 0 aliphatic carbocycles. The van der Waals surface area contributed by atoms with Gasteiger partial charge in [-0.25, -0.2) is 10.4 Å². The van der Waals surface area contributed by atoms with Gasteiger partial charge in [-0.15, -0.1) is 11.3 Å². The van der Waals surface area contributed by atoms with Gasteiger partial charge in [0.15, 0.2) is 11.0 Å². The second kappa shape index (κ2) is 10.0. The van der Waals surface area contributed by atoms with E-state index in [1.807, 2.05) is 6.07 Å². The summed E-state index contributed by atoms with van der Waals surface area (Å²) in [5.74, 6) is 0.828. The van der Waals surface area contributed by atoms with Crippen LogP contribution in [0, 0.1) is 0 Å². The Morgan fingerprint density at radius 2 is 2.06 bits per heavy atom. The molecule has 3 aromatic rings. The number of ether oxygens (including phenoxy) is 1. The van der Waals surface area contributed by atoms with Gasteiger partial charge in [-0.1, -0.05) is 6.07 Å². The van der Waals surface area contributed by atoms with Gasteiger partial charge in [0, 0.05) is 30.2 Å². The van der Waals surface area contributed by atoms with E-state index in [0.717, 1.165) is 25.2 Å². The molecule has 12 heteroatoms. The number of halogens is 3. The van der Waals surface area contributed by atoms with Crippen molar-refractivity contribution >= 4 is 40.2 Å². The van der Waals surface area contributed by atoms with Crippen LogP contribution in [0.2, 0.25) is 0 Å². The number of carbonyl (C=O) groups excluding carboxylic acids is 1. The second-order valence-electron chi connectivity index (χ2n) is 7.09. The predicted octanol–water partition coefficient (Wildman–Crippen LogP) is 4.03. The first-order valence-corrected chi connectivity index (χ1v) is 10.9. The Labute approximate surface area is 191 Å². The van der Waals surface area contributed by atoms with Crippen molar-refractivity contribution in [2.24, 2.45) is 5.10 Å². The lowest BCUT2D eigenvalue weighted by molar-refractivity contribution is -0.137. The number of rotatable bonds is 7. The number of hydrazone groups is 1. The number of aromatic nitrogens is 1. The van der Waals surface area contributed by atoms with Gasteiger partial charge in [0.1, 0.15) is 5.76 Å². The molecule has 0 radical (unpaired) electrons. The topological polar surface area (TPSA) is 92.0 Å². The van der Waals surface area contributed by atoms with Crippen LogP contribution >= 0.6 is 11.3 Å². The molecule has 1 aromatic carbocycles. The molecule has 174 valence electrons. The summed E-state index contributed by atoms with van der Waals surface area (Å²) in [6.45, 7) is 2.79. The number of hydrogen-bond donors (Lipinski definition) is 2. The van der Waals surface area contributed by atoms with Crippen LogP contribution in [-0.4, -0.2) is 43.4 Å². The van der Waals surface area contributed by atoms with Crippen molar-refractivity contribution < 1.29 is 27.1 Å². The van der Waals surface area contributed by atoms with E-state index in [9.17, 15) is 18.0 Å². The highest BCUT2D eigenvalue weighted by atomic mass is 32.1. The third kappa shape index (κ3) is 6.33. The number of amides is 1. The SMILES string of the molecule is O=C(Cc1csc(Nc2cccc(C(F)(F)F)c2)n1)N/N=C\c1ccc(N2CCOCC2)o1. The number of anilines is 3. The van der Waals surface area contributed by atoms with Crippen LogP contribution in [0.1, 0.15) is 17.0 Å². The highest BCUT2D eigenvalue weighted by molar-refractivity contribution is 7.13. The predicted molar refractivity (Wildman–Crippen MR) is 118 cm³/mol. The fraction of sp³-hybridized carbons (Fsp3) is 0.286. The fourth-order valence-corrected chi connectivity index (χ4v) is 3.81. The van der Waals surface area contributed by atoms with E-state index in [1.54, 1.807) is 11.4 Å². The van der Waals surface area contributed by atoms with Crippen LogP contribution < -0.4 is 15.6 Å². The summed E-state index contributed by atoms with van der Waals surface area (Å²) in [5.41, 5.74) is 2.38. The number of morpholine rings is 1. The number of alkyl halides is 3. The molecule has 2 N–H and O–H groups in total. The van der Waals surface area contributed by atoms with Gasteiger partial charge >= 0.3 is 6.18 Å². The van der Waals surface area contributed by atoms with Crippen molar-refractivity contribution in [3.05, 3.63) is 58.8 Å². The molecule has 33 heavy (non-hydrogen) atoms. The number of furan rings is 1. The van der Waals surface area contributed by atoms with E-state index >= 15 is 0 Å². The highest BCUT2D eigenvalue weighted by Crippen LogP contribution is 2.31. The Morgan fingerprint density at radius 3 is 2.85 bits per heavy atom. The van der Waals surface area contributed by atoms with Crippen LogP contribution in [0.3, 0.4) is 0 Å². The first-order valence-electron chi connectivity index (χ1n) is 10.00. The summed E-state index contributed by atoms with van der Waals surface area (Å²) in [6.07, 6.45) is -3.05. The molecule has 3 heterocycles. The molecule has 0 unspecified atom stereocenters. The smallest absolute Gasteiger partial charge is 0.416 e. The second-order valence-corrected chi connectivity index (χ2v) is 7.95. The van der Waals surface area contributed by atoms with Crippen LogP contribution in [0.5, 0.6) is 0 Å². The summed E-state index contributed by atoms with van der Waals surface area (Å²) in [6, 6.07) is 8.41. The number of thiazole rings is 1. The lowest BCUT2D eigenvalue weighted by atomic mass is 10.2. The molecule has 1 amide bonds. The Kier molecular flexibility index (Phi) is 6.94. The van der Waals surface area contributed by atoms with Gasteiger partial charge in [-0.2, -0.15) is 18.3 Å². The van der Waals surface area contributed by atoms with E-state index in [1.165, 1.54) is 29.7 Å². The minimum atomic E-state index is -4.43. The Balaban J connectivity index is 1.27. The van der Waals surface area contributed by atoms with Gasteiger partial charge < -0.3 is 19.4 Å². The lowest BCUT2D eigenvalue weighted by Crippen LogP contribution is -2.35. The van der Waals surface area contributed by atoms with Gasteiger partial charge in [0.05, 0.1) is 37.1 Å². The summed E-state index contributed by atoms with van der Waals surface area (Å²) >= 11 is 1.19. The maximum atomic E-state index is 12.8. The molecular weight excluding hydrogens is 459 g/mol. The highest BCUT2D eigenvalue weighted by Gasteiger charge is 2.30. The van der Waals surface area contributed by atoms with Crippen molar-refractivity contribution in [3.63, 3.8) is 0 Å². The first-order chi connectivity index (χ1) is 15.9. The fourth-order valence-electron chi connectivity index (χ4n) is 3.08. The Bertz CT molecular complexity index is 1120. The van der Waals surface area contributed by atoms with E-state index in [-0.39, 0.29) is 18.0 Å². The maximum absolute atomic E-state index is 12.8. The Morgan fingerprint density at radius 1 is 1.24 bits per heavy atom. The molecule has 0 bridgehead atoms. The van der Waals surface area contributed by atoms with Gasteiger partial charge in [-0.3, -0.25) is 4.79 Å². The molecule has 2 aromatic heterocycles. The third-order valence-corrected chi connectivity index (χ3v) is 5.46. The van der Waals surface area contributed by atoms with Crippen molar-refractivity contribution in [2.45, 2.75) is 12.6 Å². The van der Waals surface area contributed by atoms with Crippen LogP contribution in [0.25, 0.3) is 0 Å². The average molecular weight is 479 g/mol. The van der Waals surface area contributed by atoms with Crippen molar-refractivity contribution in [3.8, 4) is 0 Å². The number of hydrogen-bond acceptors (Lipinski definition) is 8. The zero-order chi connectivity index (χ0) is 23.3. The third-order valence-electron chi connectivity index (χ3n) is 4.65. The molecule has 8 nitrogen and oxygen atoms in total. The lowest BCUT2D eigenvalue weighted by Gasteiger charge is -2.26. The largest absolute Gasteiger partial charge is 0.440 e. The molecule has 4 rings (SSSR count). The zero-order valence-corrected chi connectivity index (χ0v) is 18.1. The summed E-state index contributed by atoms with van der Waals surface area (Å²) in [4.78, 5) is 18.4. The zero-order valence-electron chi connectivity index (χ0n) is 17.3. The standard InChI is InChI=1S/C21H20F3N5O3S/c22-21(23,24)14-2-1-3-15(10-14)26-20-27-16(13-33-20)11-18(30)28-25-12-17-4-5-19(32-17)29-6-8-31-9-7-29/h1-5,10,12-13H,6-9,11H2,(H,26,27)(H,28,30)/b25-12-. The quantitative estimate of drug-likeness (QED) is 0.393. The molecule has 0 atom stereocenters. The summed E-state index contributed by atoms with van der Waals surface area (Å²) in [7, 11) is 0. The average Bonchev–Trinajstić information content (AvgIpc) is 3.44. The first kappa shape index (κ1) is 22.8. The van der Waals surface area contributed by atoms with Crippen molar-refractivity contribution in [1.82, 2.24) is 10.4 Å². The molecule has 1 aliphatic rings. The van der Waals surface area contributed by atoms with E-state index in [2.05, 4.69) is 25.7 Å². The van der Waals surface area contributed by atoms with E-state index in [4.69, 9.17) is 9.15 Å². The minimum absolute atomic E-state index is 0.0324. The van der Waals surface area contributed by atoms with Crippen molar-refractivity contribution in [2.75, 3.05) is 36.5 Å². The summed E-state index contributed by atoms with van der Waals surface area (Å²) < 4.78 is 49.5. The van der Waals surface area contributed by atoms with Crippen LogP contribution in [0.15, 0.2) is 51.3 Å². The molecule has 0 saturated carbocycles. The number of nitrogens with one attached hydrogen (secondary N) is 2. The minimum Gasteiger partial charge on any atom is -0.440 e. The summed E-state index contributed by atoms with van der Waals surface area (Å²) in [5, 5.41) is 8.76. The molecular formula is C21H20F3N5O3S. The molecule has 1 fully saturated rings. The normalized spacial score (nSPS) is 14.6. The molecule has 1 saturated heterocycles. The monoisotopic (exact) mass is 479 g/mol. The Hall–Kier alpha value is -3.38. The van der Waals surface area contributed by atoms with E-state index in [0.29, 0.717) is 35.7 Å².